The highest BCUT2D eigenvalue weighted by Gasteiger charge is 2.08. The molecule has 0 fully saturated rings. The number of carbonyl (C=O) groups is 2. The van der Waals surface area contributed by atoms with Crippen LogP contribution >= 0.6 is 15.9 Å². The molecule has 120 valence electrons. The van der Waals surface area contributed by atoms with Crippen molar-refractivity contribution in [3.05, 3.63) is 53.0 Å². The van der Waals surface area contributed by atoms with E-state index in [1.165, 1.54) is 7.11 Å². The van der Waals surface area contributed by atoms with E-state index in [0.29, 0.717) is 5.75 Å². The van der Waals surface area contributed by atoms with Gasteiger partial charge in [-0.15, -0.1) is 0 Å². The van der Waals surface area contributed by atoms with Crippen molar-refractivity contribution in [1.29, 1.82) is 0 Å². The van der Waals surface area contributed by atoms with Gasteiger partial charge in [0.2, 0.25) is 0 Å². The third-order valence-electron chi connectivity index (χ3n) is 2.89. The third kappa shape index (κ3) is 5.00. The molecule has 0 aromatic heterocycles. The molecule has 0 aliphatic carbocycles. The maximum atomic E-state index is 11.5. The average molecular weight is 379 g/mol. The van der Waals surface area contributed by atoms with Crippen molar-refractivity contribution in [1.82, 2.24) is 10.9 Å². The van der Waals surface area contributed by atoms with E-state index >= 15 is 0 Å². The first-order valence-corrected chi connectivity index (χ1v) is 7.50. The Bertz CT molecular complexity index is 692. The van der Waals surface area contributed by atoms with Crippen molar-refractivity contribution in [3.63, 3.8) is 0 Å². The van der Waals surface area contributed by atoms with Crippen LogP contribution in [-0.4, -0.2) is 25.7 Å². The van der Waals surface area contributed by atoms with Crippen LogP contribution in [0.3, 0.4) is 0 Å². The first-order chi connectivity index (χ1) is 11.1. The maximum absolute atomic E-state index is 11.5. The predicted octanol–water partition coefficient (Wildman–Crippen LogP) is 2.88. The van der Waals surface area contributed by atoms with Gasteiger partial charge in [-0.2, -0.15) is 0 Å². The molecule has 2 amide bonds. The molecule has 0 radical (unpaired) electrons. The number of rotatable bonds is 4. The van der Waals surface area contributed by atoms with Gasteiger partial charge in [0.15, 0.2) is 6.61 Å². The number of nitrogens with one attached hydrogen (secondary N) is 2. The number of amides is 2. The van der Waals surface area contributed by atoms with Crippen LogP contribution in [-0.2, 0) is 9.53 Å². The topological polar surface area (TPSA) is 76.7 Å². The second-order valence-corrected chi connectivity index (χ2v) is 5.32. The fraction of sp³-hybridized carbons (Fsp3) is 0.125. The Morgan fingerprint density at radius 1 is 1.04 bits per heavy atom. The minimum absolute atomic E-state index is 0.243. The smallest absolute Gasteiger partial charge is 0.425 e. The number of halogens is 1. The second kappa shape index (κ2) is 8.19. The highest BCUT2D eigenvalue weighted by molar-refractivity contribution is 9.10. The van der Waals surface area contributed by atoms with Crippen LogP contribution < -0.4 is 15.6 Å². The lowest BCUT2D eigenvalue weighted by atomic mass is 10.1. The summed E-state index contributed by atoms with van der Waals surface area (Å²) in [5.41, 5.74) is 6.33. The van der Waals surface area contributed by atoms with Gasteiger partial charge in [0.1, 0.15) is 5.75 Å². The minimum atomic E-state index is -0.758. The minimum Gasteiger partial charge on any atom is -0.483 e. The molecule has 2 aromatic carbocycles. The van der Waals surface area contributed by atoms with Gasteiger partial charge < -0.3 is 9.47 Å². The summed E-state index contributed by atoms with van der Waals surface area (Å²) in [6, 6.07) is 15.5. The Balaban J connectivity index is 1.94. The van der Waals surface area contributed by atoms with Crippen LogP contribution in [0.4, 0.5) is 4.79 Å². The standard InChI is InChI=1S/C16H15BrN2O4/c1-22-16(21)19-18-15(20)10-23-14-8-7-12(9-13(14)17)11-5-3-2-4-6-11/h2-9H,10H2,1H3,(H,18,20)(H,19,21). The van der Waals surface area contributed by atoms with E-state index < -0.39 is 12.0 Å². The fourth-order valence-electron chi connectivity index (χ4n) is 1.78. The second-order valence-electron chi connectivity index (χ2n) is 4.46. The molecule has 0 heterocycles. The summed E-state index contributed by atoms with van der Waals surface area (Å²) < 4.78 is 10.5. The molecule has 6 nitrogen and oxygen atoms in total. The monoisotopic (exact) mass is 378 g/mol. The van der Waals surface area contributed by atoms with Crippen molar-refractivity contribution in [2.24, 2.45) is 0 Å². The molecule has 0 spiro atoms. The largest absolute Gasteiger partial charge is 0.483 e. The van der Waals surface area contributed by atoms with Crippen LogP contribution in [0.5, 0.6) is 5.75 Å². The van der Waals surface area contributed by atoms with Crippen molar-refractivity contribution in [3.8, 4) is 16.9 Å². The van der Waals surface area contributed by atoms with Crippen molar-refractivity contribution >= 4 is 27.9 Å². The molecule has 0 atom stereocenters. The Labute approximate surface area is 141 Å². The molecule has 23 heavy (non-hydrogen) atoms. The number of hydrogen-bond donors (Lipinski definition) is 2. The lowest BCUT2D eigenvalue weighted by Gasteiger charge is -2.10. The number of hydrazine groups is 1. The summed E-state index contributed by atoms with van der Waals surface area (Å²) in [4.78, 5) is 22.3. The fourth-order valence-corrected chi connectivity index (χ4v) is 2.27. The van der Waals surface area contributed by atoms with E-state index in [2.05, 4.69) is 31.5 Å². The maximum Gasteiger partial charge on any atom is 0.425 e. The SMILES string of the molecule is COC(=O)NNC(=O)COc1ccc(-c2ccccc2)cc1Br. The van der Waals surface area contributed by atoms with E-state index in [0.717, 1.165) is 15.6 Å². The highest BCUT2D eigenvalue weighted by atomic mass is 79.9. The van der Waals surface area contributed by atoms with Gasteiger partial charge in [0.25, 0.3) is 5.91 Å². The molecule has 0 unspecified atom stereocenters. The van der Waals surface area contributed by atoms with Crippen molar-refractivity contribution in [2.75, 3.05) is 13.7 Å². The van der Waals surface area contributed by atoms with E-state index in [1.807, 2.05) is 42.5 Å². The number of benzene rings is 2. The van der Waals surface area contributed by atoms with Crippen LogP contribution in [0.1, 0.15) is 0 Å². The Morgan fingerprint density at radius 2 is 1.78 bits per heavy atom. The highest BCUT2D eigenvalue weighted by Crippen LogP contribution is 2.30. The van der Waals surface area contributed by atoms with Crippen LogP contribution in [0.2, 0.25) is 0 Å². The predicted molar refractivity (Wildman–Crippen MR) is 88.8 cm³/mol. The quantitative estimate of drug-likeness (QED) is 0.801. The summed E-state index contributed by atoms with van der Waals surface area (Å²) >= 11 is 3.42. The van der Waals surface area contributed by atoms with Gasteiger partial charge in [-0.25, -0.2) is 10.2 Å². The van der Waals surface area contributed by atoms with Crippen molar-refractivity contribution in [2.45, 2.75) is 0 Å². The van der Waals surface area contributed by atoms with Crippen molar-refractivity contribution < 1.29 is 19.1 Å². The van der Waals surface area contributed by atoms with Crippen LogP contribution in [0.15, 0.2) is 53.0 Å². The molecule has 0 saturated carbocycles. The molecule has 2 aromatic rings. The van der Waals surface area contributed by atoms with Gasteiger partial charge in [0.05, 0.1) is 11.6 Å². The molecule has 0 aliphatic rings. The Hall–Kier alpha value is -2.54. The Morgan fingerprint density at radius 3 is 2.43 bits per heavy atom. The molecule has 7 heteroatoms. The van der Waals surface area contributed by atoms with Gasteiger partial charge >= 0.3 is 6.09 Å². The normalized spacial score (nSPS) is 9.83. The average Bonchev–Trinajstić information content (AvgIpc) is 2.59. The first kappa shape index (κ1) is 16.8. The molecule has 0 saturated heterocycles. The van der Waals surface area contributed by atoms with E-state index in [9.17, 15) is 9.59 Å². The molecule has 0 bridgehead atoms. The summed E-state index contributed by atoms with van der Waals surface area (Å²) in [5, 5.41) is 0. The van der Waals surface area contributed by atoms with Gasteiger partial charge in [-0.3, -0.25) is 10.2 Å². The first-order valence-electron chi connectivity index (χ1n) is 6.70. The summed E-state index contributed by atoms with van der Waals surface area (Å²) in [7, 11) is 1.20. The van der Waals surface area contributed by atoms with E-state index in [4.69, 9.17) is 4.74 Å². The van der Waals surface area contributed by atoms with E-state index in [1.54, 1.807) is 6.07 Å². The Kier molecular flexibility index (Phi) is 5.99. The third-order valence-corrected chi connectivity index (χ3v) is 3.51. The lowest BCUT2D eigenvalue weighted by Crippen LogP contribution is -2.43. The summed E-state index contributed by atoms with van der Waals surface area (Å²) in [5.74, 6) is 0.0207. The zero-order valence-corrected chi connectivity index (χ0v) is 13.9. The molecule has 2 rings (SSSR count). The zero-order chi connectivity index (χ0) is 16.7. The molecule has 2 N–H and O–H groups in total. The summed E-state index contributed by atoms with van der Waals surface area (Å²) in [6.45, 7) is -0.243. The van der Waals surface area contributed by atoms with Gasteiger partial charge in [-0.05, 0) is 39.2 Å². The number of carbonyl (C=O) groups excluding carboxylic acids is 2. The van der Waals surface area contributed by atoms with Gasteiger partial charge in [0, 0.05) is 0 Å². The number of ether oxygens (including phenoxy) is 2. The van der Waals surface area contributed by atoms with Gasteiger partial charge in [-0.1, -0.05) is 36.4 Å². The van der Waals surface area contributed by atoms with Crippen LogP contribution in [0.25, 0.3) is 11.1 Å². The number of hydrogen-bond acceptors (Lipinski definition) is 4. The lowest BCUT2D eigenvalue weighted by molar-refractivity contribution is -0.123. The zero-order valence-electron chi connectivity index (χ0n) is 12.3. The molecular weight excluding hydrogens is 364 g/mol. The number of methoxy groups -OCH3 is 1. The van der Waals surface area contributed by atoms with Crippen LogP contribution in [0, 0.1) is 0 Å². The molecule has 0 aliphatic heterocycles. The van der Waals surface area contributed by atoms with E-state index in [-0.39, 0.29) is 6.61 Å². The molecular formula is C16H15BrN2O4. The summed E-state index contributed by atoms with van der Waals surface area (Å²) in [6.07, 6.45) is -0.758.